The average Bonchev–Trinajstić information content (AvgIpc) is 3.04. The fourth-order valence-electron chi connectivity index (χ4n) is 2.50. The Balaban J connectivity index is 1.63. The third kappa shape index (κ3) is 3.77. The number of pyridine rings is 1. The summed E-state index contributed by atoms with van der Waals surface area (Å²) in [7, 11) is 4.17. The van der Waals surface area contributed by atoms with E-state index in [0.29, 0.717) is 0 Å². The Labute approximate surface area is 159 Å². The maximum atomic E-state index is 4.58. The molecule has 0 saturated carbocycles. The molecule has 0 aliphatic heterocycles. The molecule has 0 radical (unpaired) electrons. The number of hydrogen-bond donors (Lipinski definition) is 1. The van der Waals surface area contributed by atoms with Gasteiger partial charge >= 0.3 is 0 Å². The summed E-state index contributed by atoms with van der Waals surface area (Å²) in [6.07, 6.45) is 3.36. The van der Waals surface area contributed by atoms with E-state index >= 15 is 0 Å². The highest BCUT2D eigenvalue weighted by Crippen LogP contribution is 2.30. The Morgan fingerprint density at radius 3 is 2.88 bits per heavy atom. The van der Waals surface area contributed by atoms with Gasteiger partial charge < -0.3 is 10.2 Å². The zero-order chi connectivity index (χ0) is 17.9. The van der Waals surface area contributed by atoms with E-state index in [9.17, 15) is 0 Å². The van der Waals surface area contributed by atoms with Gasteiger partial charge in [-0.05, 0) is 44.4 Å². The zero-order valence-corrected chi connectivity index (χ0v) is 16.1. The third-order valence-electron chi connectivity index (χ3n) is 3.81. The van der Waals surface area contributed by atoms with Crippen molar-refractivity contribution in [3.8, 4) is 0 Å². The van der Waals surface area contributed by atoms with Gasteiger partial charge in [0.1, 0.15) is 22.5 Å². The van der Waals surface area contributed by atoms with Gasteiger partial charge in [0, 0.05) is 28.8 Å². The van der Waals surface area contributed by atoms with Crippen LogP contribution in [0.2, 0.25) is 0 Å². The number of hydrogen-bond acceptors (Lipinski definition) is 8. The summed E-state index contributed by atoms with van der Waals surface area (Å²) in [5.74, 6) is 1.81. The molecule has 3 heterocycles. The molecular formula is C18H18N6S2. The van der Waals surface area contributed by atoms with Gasteiger partial charge in [0.2, 0.25) is 0 Å². The number of rotatable bonds is 6. The van der Waals surface area contributed by atoms with Crippen molar-refractivity contribution in [2.24, 2.45) is 0 Å². The van der Waals surface area contributed by atoms with E-state index in [-0.39, 0.29) is 0 Å². The molecular weight excluding hydrogens is 364 g/mol. The van der Waals surface area contributed by atoms with Gasteiger partial charge in [0.15, 0.2) is 5.13 Å². The van der Waals surface area contributed by atoms with Gasteiger partial charge in [-0.25, -0.2) is 19.9 Å². The van der Waals surface area contributed by atoms with E-state index in [1.165, 1.54) is 16.2 Å². The minimum atomic E-state index is 0.768. The van der Waals surface area contributed by atoms with Crippen LogP contribution in [0.25, 0.3) is 21.3 Å². The van der Waals surface area contributed by atoms with Crippen molar-refractivity contribution in [2.75, 3.05) is 31.7 Å². The monoisotopic (exact) mass is 382 g/mol. The van der Waals surface area contributed by atoms with Crippen molar-refractivity contribution < 1.29 is 0 Å². The van der Waals surface area contributed by atoms with Crippen LogP contribution in [0.4, 0.5) is 10.9 Å². The van der Waals surface area contributed by atoms with Crippen LogP contribution in [0.3, 0.4) is 0 Å². The maximum absolute atomic E-state index is 4.58. The molecule has 8 heteroatoms. The van der Waals surface area contributed by atoms with Crippen LogP contribution >= 0.6 is 23.1 Å². The number of thiazole rings is 1. The van der Waals surface area contributed by atoms with Gasteiger partial charge in [-0.1, -0.05) is 11.3 Å². The topological polar surface area (TPSA) is 66.8 Å². The predicted octanol–water partition coefficient (Wildman–Crippen LogP) is 4.03. The maximum Gasteiger partial charge on any atom is 0.190 e. The second kappa shape index (κ2) is 7.53. The highest BCUT2D eigenvalue weighted by molar-refractivity contribution is 7.99. The molecule has 1 aromatic carbocycles. The standard InChI is InChI=1S/C18H18N6S2/c1-24(2)8-9-25-12-5-6-14-13(10-12)16(21-11-20-14)23-18-22-15-4-3-7-19-17(15)26-18/h3-7,10-11H,8-9H2,1-2H3,(H,20,21,22,23). The molecule has 0 atom stereocenters. The van der Waals surface area contributed by atoms with Gasteiger partial charge in [-0.3, -0.25) is 0 Å². The highest BCUT2D eigenvalue weighted by Gasteiger charge is 2.09. The minimum absolute atomic E-state index is 0.768. The van der Waals surface area contributed by atoms with Crippen molar-refractivity contribution in [1.82, 2.24) is 24.8 Å². The molecule has 0 amide bonds. The molecule has 0 unspecified atom stereocenters. The number of aromatic nitrogens is 4. The molecule has 0 aliphatic carbocycles. The normalized spacial score (nSPS) is 11.5. The SMILES string of the molecule is CN(C)CCSc1ccc2ncnc(Nc3nc4cccnc4s3)c2c1. The molecule has 1 N–H and O–H groups in total. The first-order valence-electron chi connectivity index (χ1n) is 8.20. The van der Waals surface area contributed by atoms with Crippen molar-refractivity contribution in [2.45, 2.75) is 4.90 Å². The quantitative estimate of drug-likeness (QED) is 0.505. The van der Waals surface area contributed by atoms with Crippen molar-refractivity contribution in [3.63, 3.8) is 0 Å². The summed E-state index contributed by atoms with van der Waals surface area (Å²) in [5.41, 5.74) is 1.80. The molecule has 4 rings (SSSR count). The third-order valence-corrected chi connectivity index (χ3v) is 5.67. The number of nitrogens with zero attached hydrogens (tertiary/aromatic N) is 5. The molecule has 132 valence electrons. The Morgan fingerprint density at radius 2 is 2.04 bits per heavy atom. The summed E-state index contributed by atoms with van der Waals surface area (Å²) >= 11 is 3.35. The van der Waals surface area contributed by atoms with Crippen LogP contribution < -0.4 is 5.32 Å². The van der Waals surface area contributed by atoms with Crippen molar-refractivity contribution in [3.05, 3.63) is 42.9 Å². The van der Waals surface area contributed by atoms with Crippen molar-refractivity contribution in [1.29, 1.82) is 0 Å². The Morgan fingerprint density at radius 1 is 1.12 bits per heavy atom. The molecule has 0 spiro atoms. The van der Waals surface area contributed by atoms with Crippen LogP contribution in [0, 0.1) is 0 Å². The Hall–Kier alpha value is -2.29. The summed E-state index contributed by atoms with van der Waals surface area (Å²) in [6, 6.07) is 10.1. The Kier molecular flexibility index (Phi) is 4.96. The van der Waals surface area contributed by atoms with Crippen LogP contribution in [0.5, 0.6) is 0 Å². The lowest BCUT2D eigenvalue weighted by Crippen LogP contribution is -2.14. The molecule has 0 saturated heterocycles. The summed E-state index contributed by atoms with van der Waals surface area (Å²) in [4.78, 5) is 22.0. The number of benzene rings is 1. The minimum Gasteiger partial charge on any atom is -0.316 e. The van der Waals surface area contributed by atoms with Gasteiger partial charge in [-0.15, -0.1) is 11.8 Å². The van der Waals surface area contributed by atoms with Gasteiger partial charge in [0.05, 0.1) is 5.52 Å². The lowest BCUT2D eigenvalue weighted by atomic mass is 10.2. The number of anilines is 2. The molecule has 4 aromatic rings. The average molecular weight is 383 g/mol. The lowest BCUT2D eigenvalue weighted by Gasteiger charge is -2.10. The first-order valence-corrected chi connectivity index (χ1v) is 10.00. The predicted molar refractivity (Wildman–Crippen MR) is 110 cm³/mol. The molecule has 3 aromatic heterocycles. The first-order chi connectivity index (χ1) is 12.7. The van der Waals surface area contributed by atoms with Crippen LogP contribution in [-0.2, 0) is 0 Å². The zero-order valence-electron chi connectivity index (χ0n) is 14.5. The summed E-state index contributed by atoms with van der Waals surface area (Å²) in [6.45, 7) is 1.04. The number of thioether (sulfide) groups is 1. The Bertz CT molecular complexity index is 1010. The van der Waals surface area contributed by atoms with E-state index in [1.54, 1.807) is 12.5 Å². The van der Waals surface area contributed by atoms with Crippen LogP contribution in [0.15, 0.2) is 47.8 Å². The number of fused-ring (bicyclic) bond motifs is 2. The molecule has 6 nitrogen and oxygen atoms in total. The van der Waals surface area contributed by atoms with Crippen LogP contribution in [-0.4, -0.2) is 51.2 Å². The number of nitrogens with one attached hydrogen (secondary N) is 1. The van der Waals surface area contributed by atoms with Gasteiger partial charge in [-0.2, -0.15) is 0 Å². The molecule has 0 fully saturated rings. The molecule has 26 heavy (non-hydrogen) atoms. The molecule has 0 aliphatic rings. The van der Waals surface area contributed by atoms with E-state index < -0.39 is 0 Å². The lowest BCUT2D eigenvalue weighted by molar-refractivity contribution is 0.437. The fourth-order valence-corrected chi connectivity index (χ4v) is 4.36. The van der Waals surface area contributed by atoms with E-state index in [0.717, 1.165) is 44.5 Å². The van der Waals surface area contributed by atoms with Gasteiger partial charge in [0.25, 0.3) is 0 Å². The second-order valence-corrected chi connectivity index (χ2v) is 8.17. The first kappa shape index (κ1) is 17.1. The van der Waals surface area contributed by atoms with E-state index in [2.05, 4.69) is 56.4 Å². The highest BCUT2D eigenvalue weighted by atomic mass is 32.2. The van der Waals surface area contributed by atoms with Crippen LogP contribution in [0.1, 0.15) is 0 Å². The smallest absolute Gasteiger partial charge is 0.190 e. The second-order valence-electron chi connectivity index (χ2n) is 6.02. The largest absolute Gasteiger partial charge is 0.316 e. The van der Waals surface area contributed by atoms with E-state index in [4.69, 9.17) is 0 Å². The van der Waals surface area contributed by atoms with E-state index in [1.807, 2.05) is 30.0 Å². The summed E-state index contributed by atoms with van der Waals surface area (Å²) < 4.78 is 0. The van der Waals surface area contributed by atoms with Crippen molar-refractivity contribution >= 4 is 55.3 Å². The fraction of sp³-hybridized carbons (Fsp3) is 0.222. The summed E-state index contributed by atoms with van der Waals surface area (Å²) in [5, 5.41) is 5.11. The molecule has 0 bridgehead atoms.